The number of aromatic nitrogens is 3. The fourth-order valence-corrected chi connectivity index (χ4v) is 2.03. The zero-order valence-electron chi connectivity index (χ0n) is 11.7. The van der Waals surface area contributed by atoms with Crippen LogP contribution >= 0.6 is 0 Å². The molecule has 21 heavy (non-hydrogen) atoms. The van der Waals surface area contributed by atoms with Gasteiger partial charge >= 0.3 is 0 Å². The van der Waals surface area contributed by atoms with E-state index < -0.39 is 0 Å². The minimum atomic E-state index is 0.590. The number of nitrogen functional groups attached to an aromatic ring is 1. The van der Waals surface area contributed by atoms with Gasteiger partial charge < -0.3 is 10.5 Å². The SMILES string of the molecule is CCOc1cccc(-n2cc(-c3ccc(N)cc3)cn2)n1. The first-order valence-electron chi connectivity index (χ1n) is 6.77. The number of nitrogens with zero attached hydrogens (tertiary/aromatic N) is 3. The number of hydrogen-bond acceptors (Lipinski definition) is 4. The lowest BCUT2D eigenvalue weighted by molar-refractivity contribution is 0.326. The number of rotatable bonds is 4. The molecule has 0 aliphatic rings. The summed E-state index contributed by atoms with van der Waals surface area (Å²) in [6.07, 6.45) is 3.74. The van der Waals surface area contributed by atoms with Crippen LogP contribution in [0.1, 0.15) is 6.92 Å². The fourth-order valence-electron chi connectivity index (χ4n) is 2.03. The van der Waals surface area contributed by atoms with Gasteiger partial charge in [0.25, 0.3) is 0 Å². The Morgan fingerprint density at radius 1 is 1.10 bits per heavy atom. The third-order valence-electron chi connectivity index (χ3n) is 3.06. The van der Waals surface area contributed by atoms with Crippen LogP contribution in [0.4, 0.5) is 5.69 Å². The maximum absolute atomic E-state index is 5.70. The number of nitrogens with two attached hydrogens (primary N) is 1. The second-order valence-corrected chi connectivity index (χ2v) is 4.56. The highest BCUT2D eigenvalue weighted by molar-refractivity contribution is 5.64. The highest BCUT2D eigenvalue weighted by Crippen LogP contribution is 2.21. The largest absolute Gasteiger partial charge is 0.478 e. The van der Waals surface area contributed by atoms with E-state index >= 15 is 0 Å². The van der Waals surface area contributed by atoms with Crippen LogP contribution in [0, 0.1) is 0 Å². The summed E-state index contributed by atoms with van der Waals surface area (Å²) in [5, 5.41) is 4.35. The van der Waals surface area contributed by atoms with Gasteiger partial charge in [-0.1, -0.05) is 18.2 Å². The fraction of sp³-hybridized carbons (Fsp3) is 0.125. The summed E-state index contributed by atoms with van der Waals surface area (Å²) in [5.74, 6) is 1.32. The third-order valence-corrected chi connectivity index (χ3v) is 3.06. The maximum atomic E-state index is 5.70. The average molecular weight is 280 g/mol. The van der Waals surface area contributed by atoms with Crippen molar-refractivity contribution in [3.05, 3.63) is 54.9 Å². The highest BCUT2D eigenvalue weighted by Gasteiger charge is 2.05. The van der Waals surface area contributed by atoms with Crippen molar-refractivity contribution in [1.29, 1.82) is 0 Å². The number of hydrogen-bond donors (Lipinski definition) is 1. The first-order chi connectivity index (χ1) is 10.3. The summed E-state index contributed by atoms with van der Waals surface area (Å²) in [4.78, 5) is 4.41. The Hall–Kier alpha value is -2.82. The number of pyridine rings is 1. The highest BCUT2D eigenvalue weighted by atomic mass is 16.5. The third kappa shape index (κ3) is 2.86. The molecule has 0 unspecified atom stereocenters. The predicted octanol–water partition coefficient (Wildman–Crippen LogP) is 2.92. The Balaban J connectivity index is 1.91. The van der Waals surface area contributed by atoms with Gasteiger partial charge in [0.05, 0.1) is 12.8 Å². The molecule has 0 atom stereocenters. The van der Waals surface area contributed by atoms with E-state index in [2.05, 4.69) is 10.1 Å². The summed E-state index contributed by atoms with van der Waals surface area (Å²) >= 11 is 0. The van der Waals surface area contributed by atoms with Crippen molar-refractivity contribution in [2.45, 2.75) is 6.92 Å². The molecule has 0 amide bonds. The van der Waals surface area contributed by atoms with Crippen molar-refractivity contribution in [2.24, 2.45) is 0 Å². The van der Waals surface area contributed by atoms with Gasteiger partial charge in [-0.15, -0.1) is 0 Å². The van der Waals surface area contributed by atoms with Crippen LogP contribution in [-0.2, 0) is 0 Å². The van der Waals surface area contributed by atoms with Crippen molar-refractivity contribution in [2.75, 3.05) is 12.3 Å². The van der Waals surface area contributed by atoms with Gasteiger partial charge in [-0.25, -0.2) is 4.68 Å². The van der Waals surface area contributed by atoms with Crippen LogP contribution in [0.3, 0.4) is 0 Å². The zero-order chi connectivity index (χ0) is 14.7. The average Bonchev–Trinajstić information content (AvgIpc) is 2.98. The molecule has 0 fully saturated rings. The van der Waals surface area contributed by atoms with Crippen LogP contribution in [0.2, 0.25) is 0 Å². The van der Waals surface area contributed by atoms with Gasteiger partial charge in [-0.2, -0.15) is 10.1 Å². The molecule has 0 aliphatic heterocycles. The second-order valence-electron chi connectivity index (χ2n) is 4.56. The van der Waals surface area contributed by atoms with E-state index in [1.165, 1.54) is 0 Å². The van der Waals surface area contributed by atoms with Crippen LogP contribution in [0.25, 0.3) is 16.9 Å². The molecule has 0 saturated heterocycles. The maximum Gasteiger partial charge on any atom is 0.215 e. The Labute approximate surface area is 123 Å². The minimum Gasteiger partial charge on any atom is -0.478 e. The van der Waals surface area contributed by atoms with Gasteiger partial charge in [0, 0.05) is 23.5 Å². The molecule has 5 heteroatoms. The Morgan fingerprint density at radius 3 is 2.67 bits per heavy atom. The molecular formula is C16H16N4O. The molecule has 3 aromatic rings. The van der Waals surface area contributed by atoms with Crippen molar-refractivity contribution < 1.29 is 4.74 Å². The molecule has 0 aliphatic carbocycles. The Morgan fingerprint density at radius 2 is 1.90 bits per heavy atom. The van der Waals surface area contributed by atoms with E-state index in [0.717, 1.165) is 22.6 Å². The summed E-state index contributed by atoms with van der Waals surface area (Å²) < 4.78 is 7.14. The van der Waals surface area contributed by atoms with Crippen LogP contribution in [0.5, 0.6) is 5.88 Å². The van der Waals surface area contributed by atoms with Crippen LogP contribution in [-0.4, -0.2) is 21.4 Å². The molecule has 0 saturated carbocycles. The zero-order valence-corrected chi connectivity index (χ0v) is 11.7. The van der Waals surface area contributed by atoms with Crippen molar-refractivity contribution in [3.8, 4) is 22.8 Å². The molecule has 2 heterocycles. The van der Waals surface area contributed by atoms with Crippen molar-refractivity contribution >= 4 is 5.69 Å². The molecule has 0 radical (unpaired) electrons. The van der Waals surface area contributed by atoms with E-state index in [-0.39, 0.29) is 0 Å². The molecule has 5 nitrogen and oxygen atoms in total. The van der Waals surface area contributed by atoms with Gasteiger partial charge in [-0.05, 0) is 30.7 Å². The standard InChI is InChI=1S/C16H16N4O/c1-2-21-16-5-3-4-15(19-16)20-11-13(10-18-20)12-6-8-14(17)9-7-12/h3-11H,2,17H2,1H3. The van der Waals surface area contributed by atoms with E-state index in [1.54, 1.807) is 10.9 Å². The lowest BCUT2D eigenvalue weighted by Crippen LogP contribution is -2.00. The molecule has 2 N–H and O–H groups in total. The van der Waals surface area contributed by atoms with Crippen LogP contribution in [0.15, 0.2) is 54.9 Å². The number of anilines is 1. The summed E-state index contributed by atoms with van der Waals surface area (Å²) in [6, 6.07) is 13.3. The number of benzene rings is 1. The summed E-state index contributed by atoms with van der Waals surface area (Å²) in [7, 11) is 0. The van der Waals surface area contributed by atoms with Gasteiger partial charge in [-0.3, -0.25) is 0 Å². The lowest BCUT2D eigenvalue weighted by Gasteiger charge is -2.04. The first-order valence-corrected chi connectivity index (χ1v) is 6.77. The van der Waals surface area contributed by atoms with Gasteiger partial charge in [0.2, 0.25) is 5.88 Å². The van der Waals surface area contributed by atoms with E-state index in [9.17, 15) is 0 Å². The lowest BCUT2D eigenvalue weighted by atomic mass is 10.1. The smallest absolute Gasteiger partial charge is 0.215 e. The monoisotopic (exact) mass is 280 g/mol. The predicted molar refractivity (Wildman–Crippen MR) is 82.4 cm³/mol. The van der Waals surface area contributed by atoms with Gasteiger partial charge in [0.15, 0.2) is 5.82 Å². The first kappa shape index (κ1) is 13.2. The molecule has 3 rings (SSSR count). The summed E-state index contributed by atoms with van der Waals surface area (Å²) in [5.41, 5.74) is 8.53. The minimum absolute atomic E-state index is 0.590. The van der Waals surface area contributed by atoms with E-state index in [1.807, 2.05) is 55.6 Å². The topological polar surface area (TPSA) is 66.0 Å². The molecule has 0 spiro atoms. The second kappa shape index (κ2) is 5.66. The Bertz CT molecular complexity index is 734. The van der Waals surface area contributed by atoms with Gasteiger partial charge in [0.1, 0.15) is 0 Å². The molecule has 0 bridgehead atoms. The summed E-state index contributed by atoms with van der Waals surface area (Å²) in [6.45, 7) is 2.52. The molecular weight excluding hydrogens is 264 g/mol. The normalized spacial score (nSPS) is 10.5. The van der Waals surface area contributed by atoms with Crippen molar-refractivity contribution in [3.63, 3.8) is 0 Å². The van der Waals surface area contributed by atoms with Crippen LogP contribution < -0.4 is 10.5 Å². The molecule has 2 aromatic heterocycles. The van der Waals surface area contributed by atoms with E-state index in [4.69, 9.17) is 10.5 Å². The number of ether oxygens (including phenoxy) is 1. The quantitative estimate of drug-likeness (QED) is 0.746. The van der Waals surface area contributed by atoms with Crippen molar-refractivity contribution in [1.82, 2.24) is 14.8 Å². The molecule has 1 aromatic carbocycles. The van der Waals surface area contributed by atoms with E-state index in [0.29, 0.717) is 12.5 Å². The Kier molecular flexibility index (Phi) is 3.55. The molecule has 106 valence electrons.